The zero-order valence-electron chi connectivity index (χ0n) is 10.1. The largest absolute Gasteiger partial charge is 0.349 e. The minimum absolute atomic E-state index is 0.00217. The van der Waals surface area contributed by atoms with Gasteiger partial charge in [-0.05, 0) is 35.7 Å². The van der Waals surface area contributed by atoms with Gasteiger partial charge in [-0.1, -0.05) is 30.3 Å². The number of nitrogens with two attached hydrogens (primary N) is 1. The van der Waals surface area contributed by atoms with Crippen LogP contribution in [0.2, 0.25) is 0 Å². The van der Waals surface area contributed by atoms with Gasteiger partial charge in [0.15, 0.2) is 0 Å². The second-order valence-electron chi connectivity index (χ2n) is 4.96. The first-order chi connectivity index (χ1) is 8.72. The average molecular weight is 240 g/mol. The molecule has 0 saturated heterocycles. The molecule has 1 fully saturated rings. The summed E-state index contributed by atoms with van der Waals surface area (Å²) in [4.78, 5) is 12.0. The third-order valence-electron chi connectivity index (χ3n) is 3.52. The fraction of sp³-hybridized carbons (Fsp3) is 0.267. The maximum absolute atomic E-state index is 12.0. The van der Waals surface area contributed by atoms with Gasteiger partial charge >= 0.3 is 0 Å². The molecule has 3 rings (SSSR count). The van der Waals surface area contributed by atoms with Crippen LogP contribution in [0.4, 0.5) is 0 Å². The molecule has 0 aromatic heterocycles. The van der Waals surface area contributed by atoms with E-state index in [1.165, 1.54) is 0 Å². The molecule has 1 amide bonds. The minimum Gasteiger partial charge on any atom is -0.349 e. The third-order valence-corrected chi connectivity index (χ3v) is 3.52. The number of fused-ring (bicyclic) bond motifs is 1. The van der Waals surface area contributed by atoms with E-state index in [2.05, 4.69) is 5.32 Å². The third kappa shape index (κ3) is 2.09. The maximum atomic E-state index is 12.0. The zero-order chi connectivity index (χ0) is 12.5. The van der Waals surface area contributed by atoms with Crippen molar-refractivity contribution in [3.63, 3.8) is 0 Å². The first kappa shape index (κ1) is 11.2. The van der Waals surface area contributed by atoms with Gasteiger partial charge in [0, 0.05) is 17.6 Å². The molecule has 0 unspecified atom stereocenters. The van der Waals surface area contributed by atoms with Crippen LogP contribution in [0.1, 0.15) is 23.2 Å². The molecule has 0 bridgehead atoms. The highest BCUT2D eigenvalue weighted by Crippen LogP contribution is 2.19. The average Bonchev–Trinajstić information content (AvgIpc) is 2.36. The second-order valence-corrected chi connectivity index (χ2v) is 4.96. The van der Waals surface area contributed by atoms with Crippen molar-refractivity contribution in [3.8, 4) is 0 Å². The molecule has 0 spiro atoms. The molecule has 0 atom stereocenters. The molecule has 0 radical (unpaired) electrons. The lowest BCUT2D eigenvalue weighted by molar-refractivity contribution is 0.0910. The topological polar surface area (TPSA) is 55.1 Å². The highest BCUT2D eigenvalue weighted by atomic mass is 16.1. The Hall–Kier alpha value is -1.87. The summed E-state index contributed by atoms with van der Waals surface area (Å²) in [5, 5.41) is 5.25. The smallest absolute Gasteiger partial charge is 0.251 e. The van der Waals surface area contributed by atoms with Crippen molar-refractivity contribution in [2.45, 2.75) is 24.9 Å². The van der Waals surface area contributed by atoms with Gasteiger partial charge in [0.25, 0.3) is 5.91 Å². The van der Waals surface area contributed by atoms with Crippen LogP contribution < -0.4 is 11.1 Å². The number of benzene rings is 2. The molecule has 1 aliphatic rings. The second kappa shape index (κ2) is 4.42. The summed E-state index contributed by atoms with van der Waals surface area (Å²) < 4.78 is 0. The Labute approximate surface area is 106 Å². The molecule has 2 aromatic carbocycles. The molecule has 2 aromatic rings. The Kier molecular flexibility index (Phi) is 2.76. The monoisotopic (exact) mass is 240 g/mol. The van der Waals surface area contributed by atoms with Crippen LogP contribution in [0.3, 0.4) is 0 Å². The van der Waals surface area contributed by atoms with Gasteiger partial charge < -0.3 is 11.1 Å². The van der Waals surface area contributed by atoms with Gasteiger partial charge in [0.1, 0.15) is 0 Å². The summed E-state index contributed by atoms with van der Waals surface area (Å²) in [5.74, 6) is -0.00217. The van der Waals surface area contributed by atoms with Crippen LogP contribution in [0.25, 0.3) is 10.8 Å². The van der Waals surface area contributed by atoms with E-state index >= 15 is 0 Å². The zero-order valence-corrected chi connectivity index (χ0v) is 10.1. The molecule has 3 N–H and O–H groups in total. The van der Waals surface area contributed by atoms with Crippen LogP contribution in [0.5, 0.6) is 0 Å². The number of rotatable bonds is 2. The number of hydrogen-bond donors (Lipinski definition) is 2. The lowest BCUT2D eigenvalue weighted by Crippen LogP contribution is -2.50. The van der Waals surface area contributed by atoms with Gasteiger partial charge in [-0.15, -0.1) is 0 Å². The van der Waals surface area contributed by atoms with Crippen LogP contribution in [-0.2, 0) is 0 Å². The van der Waals surface area contributed by atoms with E-state index in [1.807, 2.05) is 42.5 Å². The molecule has 1 saturated carbocycles. The molecule has 92 valence electrons. The lowest BCUT2D eigenvalue weighted by Gasteiger charge is -2.32. The predicted octanol–water partition coefficient (Wildman–Crippen LogP) is 2.06. The molecular weight excluding hydrogens is 224 g/mol. The first-order valence-electron chi connectivity index (χ1n) is 6.27. The van der Waals surface area contributed by atoms with E-state index in [9.17, 15) is 4.79 Å². The van der Waals surface area contributed by atoms with E-state index in [0.29, 0.717) is 5.56 Å². The normalized spacial score (nSPS) is 22.5. The Balaban J connectivity index is 1.79. The Bertz CT molecular complexity index is 588. The summed E-state index contributed by atoms with van der Waals surface area (Å²) in [7, 11) is 0. The Morgan fingerprint density at radius 1 is 1.11 bits per heavy atom. The van der Waals surface area contributed by atoms with Crippen LogP contribution in [0, 0.1) is 0 Å². The van der Waals surface area contributed by atoms with Gasteiger partial charge in [0.05, 0.1) is 0 Å². The van der Waals surface area contributed by atoms with Crippen molar-refractivity contribution in [3.05, 3.63) is 48.0 Å². The summed E-state index contributed by atoms with van der Waals surface area (Å²) in [5.41, 5.74) is 6.42. The van der Waals surface area contributed by atoms with E-state index in [-0.39, 0.29) is 18.0 Å². The molecule has 3 nitrogen and oxygen atoms in total. The summed E-state index contributed by atoms with van der Waals surface area (Å²) >= 11 is 0. The number of carbonyl (C=O) groups is 1. The van der Waals surface area contributed by atoms with E-state index in [4.69, 9.17) is 5.73 Å². The number of amides is 1. The molecule has 18 heavy (non-hydrogen) atoms. The predicted molar refractivity (Wildman–Crippen MR) is 72.4 cm³/mol. The van der Waals surface area contributed by atoms with E-state index in [1.54, 1.807) is 0 Å². The Morgan fingerprint density at radius 2 is 1.83 bits per heavy atom. The quantitative estimate of drug-likeness (QED) is 0.844. The van der Waals surface area contributed by atoms with Gasteiger partial charge in [-0.25, -0.2) is 0 Å². The van der Waals surface area contributed by atoms with Crippen LogP contribution in [0.15, 0.2) is 42.5 Å². The maximum Gasteiger partial charge on any atom is 0.251 e. The summed E-state index contributed by atoms with van der Waals surface area (Å²) in [6.07, 6.45) is 1.78. The number of carbonyl (C=O) groups excluding carboxylic acids is 1. The van der Waals surface area contributed by atoms with Crippen molar-refractivity contribution in [2.24, 2.45) is 5.73 Å². The standard InChI is InChI=1S/C15H16N2O/c16-13-8-14(9-13)17-15(18)12-6-5-10-3-1-2-4-11(10)7-12/h1-7,13-14H,8-9,16H2,(H,17,18). The SMILES string of the molecule is NC1CC(NC(=O)c2ccc3ccccc3c2)C1. The highest BCUT2D eigenvalue weighted by Gasteiger charge is 2.27. The van der Waals surface area contributed by atoms with Gasteiger partial charge in [-0.3, -0.25) is 4.79 Å². The fourth-order valence-electron chi connectivity index (χ4n) is 2.38. The molecular formula is C15H16N2O. The molecule has 0 aliphatic heterocycles. The highest BCUT2D eigenvalue weighted by molar-refractivity contribution is 5.98. The van der Waals surface area contributed by atoms with Gasteiger partial charge in [-0.2, -0.15) is 0 Å². The molecule has 3 heteroatoms. The fourth-order valence-corrected chi connectivity index (χ4v) is 2.38. The van der Waals surface area contributed by atoms with Crippen molar-refractivity contribution in [2.75, 3.05) is 0 Å². The minimum atomic E-state index is -0.00217. The molecule has 1 aliphatic carbocycles. The number of hydrogen-bond acceptors (Lipinski definition) is 2. The summed E-state index contributed by atoms with van der Waals surface area (Å²) in [6.45, 7) is 0. The lowest BCUT2D eigenvalue weighted by atomic mass is 9.87. The number of nitrogens with one attached hydrogen (secondary N) is 1. The first-order valence-corrected chi connectivity index (χ1v) is 6.27. The Morgan fingerprint density at radius 3 is 2.56 bits per heavy atom. The van der Waals surface area contributed by atoms with Crippen LogP contribution in [-0.4, -0.2) is 18.0 Å². The van der Waals surface area contributed by atoms with E-state index in [0.717, 1.165) is 23.6 Å². The van der Waals surface area contributed by atoms with Gasteiger partial charge in [0.2, 0.25) is 0 Å². The summed E-state index contributed by atoms with van der Waals surface area (Å²) in [6, 6.07) is 14.3. The van der Waals surface area contributed by atoms with E-state index < -0.39 is 0 Å². The van der Waals surface area contributed by atoms with Crippen molar-refractivity contribution < 1.29 is 4.79 Å². The molecule has 0 heterocycles. The van der Waals surface area contributed by atoms with Crippen LogP contribution >= 0.6 is 0 Å². The van der Waals surface area contributed by atoms with Crippen molar-refractivity contribution in [1.82, 2.24) is 5.32 Å². The van der Waals surface area contributed by atoms with Crippen molar-refractivity contribution in [1.29, 1.82) is 0 Å². The van der Waals surface area contributed by atoms with Crippen molar-refractivity contribution >= 4 is 16.7 Å².